The summed E-state index contributed by atoms with van der Waals surface area (Å²) in [5, 5.41) is 13.0. The van der Waals surface area contributed by atoms with E-state index < -0.39 is 0 Å². The van der Waals surface area contributed by atoms with Gasteiger partial charge in [-0.1, -0.05) is 19.1 Å². The van der Waals surface area contributed by atoms with Crippen LogP contribution in [0.15, 0.2) is 35.6 Å². The average Bonchev–Trinajstić information content (AvgIpc) is 2.98. The Morgan fingerprint density at radius 1 is 1.32 bits per heavy atom. The summed E-state index contributed by atoms with van der Waals surface area (Å²) >= 11 is 3.49. The largest absolute Gasteiger partial charge is 0.269 e. The summed E-state index contributed by atoms with van der Waals surface area (Å²) in [6, 6.07) is 6.74. The summed E-state index contributed by atoms with van der Waals surface area (Å²) in [5.74, 6) is 1.48. The summed E-state index contributed by atoms with van der Waals surface area (Å²) in [5.41, 5.74) is 2.61. The summed E-state index contributed by atoms with van der Waals surface area (Å²) in [7, 11) is 0. The molecule has 0 spiro atoms. The van der Waals surface area contributed by atoms with Gasteiger partial charge in [-0.15, -0.1) is 23.1 Å². The van der Waals surface area contributed by atoms with Gasteiger partial charge in [0.2, 0.25) is 0 Å². The molecule has 1 aromatic carbocycles. The number of aromatic nitrogens is 2. The number of non-ortho nitro benzene ring substituents is 1. The lowest BCUT2D eigenvalue weighted by Crippen LogP contribution is -2.08. The Morgan fingerprint density at radius 3 is 2.88 bits per heavy atom. The molecule has 2 aromatic heterocycles. The van der Waals surface area contributed by atoms with E-state index in [4.69, 9.17) is 0 Å². The lowest BCUT2D eigenvalue weighted by Gasteiger charge is -2.18. The molecule has 0 saturated carbocycles. The first kappa shape index (κ1) is 16.5. The highest BCUT2D eigenvalue weighted by Crippen LogP contribution is 2.41. The van der Waals surface area contributed by atoms with Crippen molar-refractivity contribution in [1.29, 1.82) is 0 Å². The standard InChI is InChI=1S/C18H17N3O2S2/c1-11-2-7-14-15(8-11)25-18-16(14)17(19-10-20-18)24-9-12-3-5-13(6-4-12)21(22)23/h3-6,10-11H,2,7-9H2,1H3/t11-/m0/s1. The second-order valence-electron chi connectivity index (χ2n) is 6.42. The van der Waals surface area contributed by atoms with Crippen LogP contribution in [0.1, 0.15) is 29.3 Å². The first-order valence-corrected chi connectivity index (χ1v) is 10.0. The molecule has 0 bridgehead atoms. The number of thiophene rings is 1. The van der Waals surface area contributed by atoms with E-state index in [0.29, 0.717) is 0 Å². The van der Waals surface area contributed by atoms with Crippen LogP contribution in [-0.4, -0.2) is 14.9 Å². The molecule has 4 rings (SSSR count). The predicted octanol–water partition coefficient (Wildman–Crippen LogP) is 5.02. The van der Waals surface area contributed by atoms with Gasteiger partial charge in [0.25, 0.3) is 5.69 Å². The zero-order chi connectivity index (χ0) is 17.4. The van der Waals surface area contributed by atoms with Crippen molar-refractivity contribution in [2.75, 3.05) is 0 Å². The van der Waals surface area contributed by atoms with Crippen LogP contribution in [0, 0.1) is 16.0 Å². The van der Waals surface area contributed by atoms with Gasteiger partial charge in [0, 0.05) is 28.1 Å². The van der Waals surface area contributed by atoms with Gasteiger partial charge >= 0.3 is 0 Å². The molecule has 1 aliphatic carbocycles. The van der Waals surface area contributed by atoms with Gasteiger partial charge in [0.15, 0.2) is 0 Å². The van der Waals surface area contributed by atoms with Crippen molar-refractivity contribution in [1.82, 2.24) is 9.97 Å². The average molecular weight is 371 g/mol. The molecular formula is C18H17N3O2S2. The number of hydrogen-bond donors (Lipinski definition) is 0. The topological polar surface area (TPSA) is 68.9 Å². The van der Waals surface area contributed by atoms with E-state index in [1.54, 1.807) is 41.6 Å². The van der Waals surface area contributed by atoms with Crippen molar-refractivity contribution in [3.63, 3.8) is 0 Å². The Labute approximate surface area is 153 Å². The fourth-order valence-corrected chi connectivity index (χ4v) is 5.62. The maximum atomic E-state index is 10.8. The molecule has 2 heterocycles. The molecule has 0 unspecified atom stereocenters. The van der Waals surface area contributed by atoms with Crippen LogP contribution in [0.3, 0.4) is 0 Å². The Kier molecular flexibility index (Phi) is 4.43. The number of nitro groups is 1. The van der Waals surface area contributed by atoms with Gasteiger partial charge in [0.1, 0.15) is 16.2 Å². The first-order valence-electron chi connectivity index (χ1n) is 8.23. The number of nitro benzene ring substituents is 1. The van der Waals surface area contributed by atoms with Crippen LogP contribution in [0.25, 0.3) is 10.2 Å². The monoisotopic (exact) mass is 371 g/mol. The maximum Gasteiger partial charge on any atom is 0.269 e. The molecular weight excluding hydrogens is 354 g/mol. The molecule has 25 heavy (non-hydrogen) atoms. The van der Waals surface area contributed by atoms with Gasteiger partial charge in [-0.2, -0.15) is 0 Å². The van der Waals surface area contributed by atoms with Crippen LogP contribution in [0.5, 0.6) is 0 Å². The van der Waals surface area contributed by atoms with Crippen LogP contribution < -0.4 is 0 Å². The maximum absolute atomic E-state index is 10.8. The number of nitrogens with zero attached hydrogens (tertiary/aromatic N) is 3. The van der Waals surface area contributed by atoms with Crippen molar-refractivity contribution in [2.45, 2.75) is 37.0 Å². The summed E-state index contributed by atoms with van der Waals surface area (Å²) in [6.07, 6.45) is 5.11. The minimum atomic E-state index is -0.372. The Hall–Kier alpha value is -1.99. The van der Waals surface area contributed by atoms with Gasteiger partial charge in [-0.25, -0.2) is 9.97 Å². The SMILES string of the molecule is C[C@H]1CCc2c(sc3ncnc(SCc4ccc([N+](=O)[O-])cc4)c23)C1. The third kappa shape index (κ3) is 3.26. The third-order valence-corrected chi connectivity index (χ3v) is 6.80. The molecule has 128 valence electrons. The summed E-state index contributed by atoms with van der Waals surface area (Å²) in [6.45, 7) is 2.31. The van der Waals surface area contributed by atoms with E-state index in [0.717, 1.165) is 39.9 Å². The smallest absolute Gasteiger partial charge is 0.258 e. The van der Waals surface area contributed by atoms with E-state index in [1.165, 1.54) is 22.2 Å². The van der Waals surface area contributed by atoms with Gasteiger partial charge in [-0.3, -0.25) is 10.1 Å². The lowest BCUT2D eigenvalue weighted by atomic mass is 9.89. The highest BCUT2D eigenvalue weighted by Gasteiger charge is 2.23. The van der Waals surface area contributed by atoms with E-state index in [-0.39, 0.29) is 10.6 Å². The van der Waals surface area contributed by atoms with Gasteiger partial charge in [-0.05, 0) is 36.3 Å². The molecule has 1 aliphatic rings. The molecule has 5 nitrogen and oxygen atoms in total. The normalized spacial score (nSPS) is 16.8. The zero-order valence-electron chi connectivity index (χ0n) is 13.8. The van der Waals surface area contributed by atoms with Crippen molar-refractivity contribution in [3.05, 3.63) is 56.7 Å². The first-order chi connectivity index (χ1) is 12.1. The van der Waals surface area contributed by atoms with Crippen LogP contribution in [-0.2, 0) is 18.6 Å². The van der Waals surface area contributed by atoms with Crippen molar-refractivity contribution < 1.29 is 4.92 Å². The Bertz CT molecular complexity index is 937. The number of fused-ring (bicyclic) bond motifs is 3. The molecule has 0 fully saturated rings. The fraction of sp³-hybridized carbons (Fsp3) is 0.333. The fourth-order valence-electron chi connectivity index (χ4n) is 3.22. The van der Waals surface area contributed by atoms with Crippen molar-refractivity contribution in [2.24, 2.45) is 5.92 Å². The Morgan fingerprint density at radius 2 is 2.12 bits per heavy atom. The van der Waals surface area contributed by atoms with Gasteiger partial charge < -0.3 is 0 Å². The number of aryl methyl sites for hydroxylation is 1. The van der Waals surface area contributed by atoms with Crippen LogP contribution in [0.4, 0.5) is 5.69 Å². The predicted molar refractivity (Wildman–Crippen MR) is 101 cm³/mol. The number of hydrogen-bond acceptors (Lipinski definition) is 6. The van der Waals surface area contributed by atoms with Crippen LogP contribution >= 0.6 is 23.1 Å². The quantitative estimate of drug-likeness (QED) is 0.279. The van der Waals surface area contributed by atoms with Crippen LogP contribution in [0.2, 0.25) is 0 Å². The molecule has 0 saturated heterocycles. The van der Waals surface area contributed by atoms with Gasteiger partial charge in [0.05, 0.1) is 4.92 Å². The van der Waals surface area contributed by atoms with E-state index in [1.807, 2.05) is 12.1 Å². The third-order valence-electron chi connectivity index (χ3n) is 4.58. The molecule has 0 aliphatic heterocycles. The minimum Gasteiger partial charge on any atom is -0.258 e. The number of rotatable bonds is 4. The zero-order valence-corrected chi connectivity index (χ0v) is 15.4. The van der Waals surface area contributed by atoms with E-state index >= 15 is 0 Å². The highest BCUT2D eigenvalue weighted by molar-refractivity contribution is 7.98. The second-order valence-corrected chi connectivity index (χ2v) is 8.47. The molecule has 3 aromatic rings. The summed E-state index contributed by atoms with van der Waals surface area (Å²) in [4.78, 5) is 21.9. The second kappa shape index (κ2) is 6.72. The molecule has 0 N–H and O–H groups in total. The van der Waals surface area contributed by atoms with Crippen molar-refractivity contribution in [3.8, 4) is 0 Å². The minimum absolute atomic E-state index is 0.124. The molecule has 7 heteroatoms. The number of benzene rings is 1. The summed E-state index contributed by atoms with van der Waals surface area (Å²) < 4.78 is 0. The Balaban J connectivity index is 1.60. The highest BCUT2D eigenvalue weighted by atomic mass is 32.2. The lowest BCUT2D eigenvalue weighted by molar-refractivity contribution is -0.384. The van der Waals surface area contributed by atoms with Crippen molar-refractivity contribution >= 4 is 39.0 Å². The van der Waals surface area contributed by atoms with E-state index in [9.17, 15) is 10.1 Å². The molecule has 0 amide bonds. The molecule has 1 atom stereocenters. The molecule has 0 radical (unpaired) electrons. The van der Waals surface area contributed by atoms with E-state index in [2.05, 4.69) is 16.9 Å². The number of thioether (sulfide) groups is 1.